The number of rotatable bonds is 4. The molecule has 0 atom stereocenters. The smallest absolute Gasteiger partial charge is 0.257 e. The number of benzene rings is 1. The van der Waals surface area contributed by atoms with Crippen molar-refractivity contribution in [1.82, 2.24) is 14.7 Å². The summed E-state index contributed by atoms with van der Waals surface area (Å²) in [6, 6.07) is 7.07. The number of nitrogens with zero attached hydrogens (tertiary/aromatic N) is 1. The number of aromatic nitrogens is 2. The molecule has 0 aliphatic rings. The average molecular weight is 286 g/mol. The van der Waals surface area contributed by atoms with Crippen molar-refractivity contribution < 1.29 is 8.42 Å². The molecule has 18 heavy (non-hydrogen) atoms. The van der Waals surface area contributed by atoms with E-state index in [0.29, 0.717) is 10.8 Å². The molecule has 2 N–H and O–H groups in total. The largest absolute Gasteiger partial charge is 0.332 e. The molecule has 0 aliphatic heterocycles. The van der Waals surface area contributed by atoms with Gasteiger partial charge in [-0.15, -0.1) is 0 Å². The maximum atomic E-state index is 11.9. The Morgan fingerprint density at radius 2 is 2.11 bits per heavy atom. The quantitative estimate of drug-likeness (QED) is 0.900. The first kappa shape index (κ1) is 13.1. The molecule has 1 aromatic carbocycles. The van der Waals surface area contributed by atoms with Crippen LogP contribution in [0.3, 0.4) is 0 Å². The molecule has 7 heteroatoms. The van der Waals surface area contributed by atoms with Crippen molar-refractivity contribution in [2.24, 2.45) is 0 Å². The Morgan fingerprint density at radius 1 is 1.39 bits per heavy atom. The van der Waals surface area contributed by atoms with Crippen LogP contribution in [-0.4, -0.2) is 18.4 Å². The number of hydrogen-bond donors (Lipinski definition) is 2. The highest BCUT2D eigenvalue weighted by atomic mass is 35.5. The molecule has 0 unspecified atom stereocenters. The number of H-pyrrole nitrogens is 1. The highest BCUT2D eigenvalue weighted by Crippen LogP contribution is 2.15. The molecular formula is C11H12ClN3O2S. The minimum atomic E-state index is -3.58. The van der Waals surface area contributed by atoms with Gasteiger partial charge in [0.15, 0.2) is 5.03 Å². The standard InChI is InChI=1S/C11H12ClN3O2S/c1-8-13-7-11(15-8)18(16,17)14-6-9-4-2-3-5-10(9)12/h2-5,7,14H,6H2,1H3,(H,13,15). The Kier molecular flexibility index (Phi) is 3.70. The summed E-state index contributed by atoms with van der Waals surface area (Å²) in [5.41, 5.74) is 0.721. The molecule has 0 radical (unpaired) electrons. The first-order valence-corrected chi connectivity index (χ1v) is 7.10. The molecule has 0 aliphatic carbocycles. The van der Waals surface area contributed by atoms with Crippen molar-refractivity contribution in [1.29, 1.82) is 0 Å². The van der Waals surface area contributed by atoms with Crippen LogP contribution >= 0.6 is 11.6 Å². The van der Waals surface area contributed by atoms with E-state index in [1.54, 1.807) is 31.2 Å². The molecule has 2 aromatic rings. The molecule has 1 aromatic heterocycles. The number of hydrogen-bond acceptors (Lipinski definition) is 3. The molecule has 0 saturated carbocycles. The van der Waals surface area contributed by atoms with Crippen LogP contribution < -0.4 is 4.72 Å². The summed E-state index contributed by atoms with van der Waals surface area (Å²) in [5.74, 6) is 0.549. The second kappa shape index (κ2) is 5.09. The average Bonchev–Trinajstić information content (AvgIpc) is 2.76. The third kappa shape index (κ3) is 2.90. The Bertz CT molecular complexity index is 652. The Balaban J connectivity index is 2.13. The van der Waals surface area contributed by atoms with Crippen LogP contribution in [0, 0.1) is 6.92 Å². The van der Waals surface area contributed by atoms with Gasteiger partial charge in [0.25, 0.3) is 10.0 Å². The number of sulfonamides is 1. The van der Waals surface area contributed by atoms with Gasteiger partial charge in [0.05, 0.1) is 6.20 Å². The van der Waals surface area contributed by atoms with Crippen LogP contribution in [0.4, 0.5) is 0 Å². The lowest BCUT2D eigenvalue weighted by Gasteiger charge is -2.06. The second-order valence-corrected chi connectivity index (χ2v) is 5.89. The fraction of sp³-hybridized carbons (Fsp3) is 0.182. The van der Waals surface area contributed by atoms with Crippen LogP contribution in [-0.2, 0) is 16.6 Å². The summed E-state index contributed by atoms with van der Waals surface area (Å²) in [7, 11) is -3.58. The molecule has 5 nitrogen and oxygen atoms in total. The van der Waals surface area contributed by atoms with E-state index in [-0.39, 0.29) is 11.6 Å². The number of aromatic amines is 1. The topological polar surface area (TPSA) is 74.8 Å². The van der Waals surface area contributed by atoms with Crippen molar-refractivity contribution in [3.05, 3.63) is 46.9 Å². The van der Waals surface area contributed by atoms with Crippen molar-refractivity contribution in [3.8, 4) is 0 Å². The van der Waals surface area contributed by atoms with E-state index < -0.39 is 10.0 Å². The monoisotopic (exact) mass is 285 g/mol. The van der Waals surface area contributed by atoms with Gasteiger partial charge in [-0.2, -0.15) is 0 Å². The summed E-state index contributed by atoms with van der Waals surface area (Å²) in [6.45, 7) is 1.83. The summed E-state index contributed by atoms with van der Waals surface area (Å²) in [4.78, 5) is 6.53. The predicted octanol–water partition coefficient (Wildman–Crippen LogP) is 1.85. The minimum absolute atomic E-state index is 0.0482. The zero-order chi connectivity index (χ0) is 13.2. The van der Waals surface area contributed by atoms with E-state index in [9.17, 15) is 8.42 Å². The first-order chi connectivity index (χ1) is 8.49. The molecule has 1 heterocycles. The van der Waals surface area contributed by atoms with Gasteiger partial charge in [0, 0.05) is 11.6 Å². The first-order valence-electron chi connectivity index (χ1n) is 5.24. The zero-order valence-electron chi connectivity index (χ0n) is 9.64. The Labute approximate surface area is 110 Å². The fourth-order valence-corrected chi connectivity index (χ4v) is 2.60. The van der Waals surface area contributed by atoms with Crippen LogP contribution in [0.1, 0.15) is 11.4 Å². The molecule has 2 rings (SSSR count). The van der Waals surface area contributed by atoms with Crippen LogP contribution in [0.2, 0.25) is 5.02 Å². The predicted molar refractivity (Wildman–Crippen MR) is 68.8 cm³/mol. The van der Waals surface area contributed by atoms with Crippen LogP contribution in [0.15, 0.2) is 35.5 Å². The van der Waals surface area contributed by atoms with Gasteiger partial charge in [-0.25, -0.2) is 18.1 Å². The normalized spacial score (nSPS) is 11.7. The lowest BCUT2D eigenvalue weighted by atomic mass is 10.2. The van der Waals surface area contributed by atoms with E-state index in [1.165, 1.54) is 6.20 Å². The van der Waals surface area contributed by atoms with E-state index in [2.05, 4.69) is 14.7 Å². The van der Waals surface area contributed by atoms with Gasteiger partial charge in [-0.1, -0.05) is 29.8 Å². The van der Waals surface area contributed by atoms with E-state index in [4.69, 9.17) is 11.6 Å². The SMILES string of the molecule is Cc1ncc(S(=O)(=O)NCc2ccccc2Cl)[nH]1. The van der Waals surface area contributed by atoms with E-state index >= 15 is 0 Å². The zero-order valence-corrected chi connectivity index (χ0v) is 11.2. The van der Waals surface area contributed by atoms with Gasteiger partial charge in [-0.05, 0) is 18.6 Å². The van der Waals surface area contributed by atoms with Gasteiger partial charge in [0.1, 0.15) is 5.82 Å². The van der Waals surface area contributed by atoms with E-state index in [0.717, 1.165) is 5.56 Å². The van der Waals surface area contributed by atoms with Gasteiger partial charge < -0.3 is 4.98 Å². The van der Waals surface area contributed by atoms with Gasteiger partial charge >= 0.3 is 0 Å². The molecule has 0 spiro atoms. The maximum Gasteiger partial charge on any atom is 0.257 e. The highest BCUT2D eigenvalue weighted by molar-refractivity contribution is 7.89. The van der Waals surface area contributed by atoms with Crippen molar-refractivity contribution in [2.75, 3.05) is 0 Å². The molecule has 0 bridgehead atoms. The second-order valence-electron chi connectivity index (χ2n) is 3.75. The fourth-order valence-electron chi connectivity index (χ4n) is 1.43. The third-order valence-corrected chi connectivity index (χ3v) is 4.06. The summed E-state index contributed by atoms with van der Waals surface area (Å²) >= 11 is 5.95. The lowest BCUT2D eigenvalue weighted by molar-refractivity contribution is 0.578. The number of aryl methyl sites for hydroxylation is 1. The molecule has 0 saturated heterocycles. The summed E-state index contributed by atoms with van der Waals surface area (Å²) in [6.07, 6.45) is 1.28. The maximum absolute atomic E-state index is 11.9. The van der Waals surface area contributed by atoms with Crippen LogP contribution in [0.25, 0.3) is 0 Å². The van der Waals surface area contributed by atoms with Crippen molar-refractivity contribution in [2.45, 2.75) is 18.5 Å². The lowest BCUT2D eigenvalue weighted by Crippen LogP contribution is -2.23. The summed E-state index contributed by atoms with van der Waals surface area (Å²) < 4.78 is 26.3. The Morgan fingerprint density at radius 3 is 2.72 bits per heavy atom. The van der Waals surface area contributed by atoms with Gasteiger partial charge in [-0.3, -0.25) is 0 Å². The van der Waals surface area contributed by atoms with Gasteiger partial charge in [0.2, 0.25) is 0 Å². The molecule has 0 fully saturated rings. The number of imidazole rings is 1. The Hall–Kier alpha value is -1.37. The molecular weight excluding hydrogens is 274 g/mol. The van der Waals surface area contributed by atoms with Crippen LogP contribution in [0.5, 0.6) is 0 Å². The minimum Gasteiger partial charge on any atom is -0.332 e. The molecule has 0 amide bonds. The highest BCUT2D eigenvalue weighted by Gasteiger charge is 2.16. The number of halogens is 1. The third-order valence-electron chi connectivity index (χ3n) is 2.38. The van der Waals surface area contributed by atoms with Crippen molar-refractivity contribution >= 4 is 21.6 Å². The van der Waals surface area contributed by atoms with E-state index in [1.807, 2.05) is 0 Å². The number of nitrogens with one attached hydrogen (secondary N) is 2. The molecule has 96 valence electrons. The van der Waals surface area contributed by atoms with Crippen molar-refractivity contribution in [3.63, 3.8) is 0 Å². The summed E-state index contributed by atoms with van der Waals surface area (Å²) in [5, 5.41) is 0.577.